The molecule has 0 aliphatic carbocycles. The molecule has 0 heterocycles. The van der Waals surface area contributed by atoms with Crippen LogP contribution in [0.1, 0.15) is 0 Å². The summed E-state index contributed by atoms with van der Waals surface area (Å²) in [6, 6.07) is 30.4. The molecule has 0 aliphatic rings. The van der Waals surface area contributed by atoms with Crippen molar-refractivity contribution < 1.29 is 15.9 Å². The first kappa shape index (κ1) is 24.2. The van der Waals surface area contributed by atoms with Gasteiger partial charge in [0.15, 0.2) is 0 Å². The van der Waals surface area contributed by atoms with E-state index in [0.29, 0.717) is 0 Å². The van der Waals surface area contributed by atoms with Crippen molar-refractivity contribution >= 4 is 62.7 Å². The topological polar surface area (TPSA) is 0 Å². The Balaban J connectivity index is 0.000000306. The third kappa shape index (κ3) is 17.0. The van der Waals surface area contributed by atoms with Crippen LogP contribution in [0.5, 0.6) is 0 Å². The van der Waals surface area contributed by atoms with Gasteiger partial charge in [0.25, 0.3) is 0 Å². The molecule has 3 aromatic rings. The average Bonchev–Trinajstić information content (AvgIpc) is 2.59. The Bertz CT molecular complexity index is 522. The van der Waals surface area contributed by atoms with Crippen molar-refractivity contribution in [1.82, 2.24) is 0 Å². The zero-order valence-electron chi connectivity index (χ0n) is 13.0. The average molecular weight is 508 g/mol. The second-order valence-electron chi connectivity index (χ2n) is 4.28. The summed E-state index contributed by atoms with van der Waals surface area (Å²) in [6.45, 7) is 0. The number of benzene rings is 3. The van der Waals surface area contributed by atoms with Crippen LogP contribution < -0.4 is 15.9 Å². The van der Waals surface area contributed by atoms with Gasteiger partial charge in [0.05, 0.1) is 0 Å². The van der Waals surface area contributed by atoms with Crippen molar-refractivity contribution in [3.63, 3.8) is 0 Å². The normalized spacial score (nSPS) is 8.54. The van der Waals surface area contributed by atoms with E-state index in [1.54, 1.807) is 0 Å². The van der Waals surface area contributed by atoms with Gasteiger partial charge in [-0.05, 0) is 15.9 Å². The quantitative estimate of drug-likeness (QED) is 0.299. The molecule has 0 aromatic heterocycles. The van der Waals surface area contributed by atoms with E-state index in [2.05, 4.69) is 27.7 Å². The zero-order valence-corrected chi connectivity index (χ0v) is 19.5. The molecule has 3 aromatic carbocycles. The van der Waals surface area contributed by atoms with Gasteiger partial charge in [-0.3, -0.25) is 0 Å². The molecular formula is C18H21Cl2P3Pd. The van der Waals surface area contributed by atoms with Crippen molar-refractivity contribution in [2.75, 3.05) is 0 Å². The molecule has 3 atom stereocenters. The van der Waals surface area contributed by atoms with Gasteiger partial charge in [-0.2, -0.15) is 0 Å². The Morgan fingerprint density at radius 1 is 0.458 bits per heavy atom. The summed E-state index contributed by atoms with van der Waals surface area (Å²) in [5, 5.41) is 3.72. The molecule has 0 radical (unpaired) electrons. The van der Waals surface area contributed by atoms with E-state index in [1.165, 1.54) is 15.9 Å². The third-order valence-electron chi connectivity index (χ3n) is 2.40. The molecule has 0 amide bonds. The number of hydrogen-bond acceptors (Lipinski definition) is 0. The Morgan fingerprint density at radius 3 is 0.708 bits per heavy atom. The van der Waals surface area contributed by atoms with E-state index in [1.807, 2.05) is 91.0 Å². The van der Waals surface area contributed by atoms with Crippen LogP contribution in [0.15, 0.2) is 91.0 Å². The van der Waals surface area contributed by atoms with Crippen molar-refractivity contribution in [3.8, 4) is 0 Å². The minimum atomic E-state index is -0.106. The fourth-order valence-electron chi connectivity index (χ4n) is 1.36. The maximum absolute atomic E-state index is 4.81. The standard InChI is InChI=1S/3C6H7P.2ClH.Pd/c3*7-6-4-2-1-3-5-6;;;/h3*1-5H,7H2;2*1H;/q;;;;;+2/p-2. The van der Waals surface area contributed by atoms with Gasteiger partial charge in [0.1, 0.15) is 0 Å². The Kier molecular flexibility index (Phi) is 18.1. The fraction of sp³-hybridized carbons (Fsp3) is 0. The van der Waals surface area contributed by atoms with Gasteiger partial charge in [-0.1, -0.05) is 91.0 Å². The molecular weight excluding hydrogens is 486 g/mol. The van der Waals surface area contributed by atoms with E-state index in [4.69, 9.17) is 19.1 Å². The molecule has 0 fully saturated rings. The molecule has 3 rings (SSSR count). The van der Waals surface area contributed by atoms with Crippen molar-refractivity contribution in [2.24, 2.45) is 0 Å². The van der Waals surface area contributed by atoms with E-state index in [0.717, 1.165) is 0 Å². The van der Waals surface area contributed by atoms with Crippen molar-refractivity contribution in [3.05, 3.63) is 91.0 Å². The van der Waals surface area contributed by atoms with Crippen LogP contribution in [0, 0.1) is 0 Å². The van der Waals surface area contributed by atoms with Crippen LogP contribution in [-0.4, -0.2) is 0 Å². The predicted molar refractivity (Wildman–Crippen MR) is 119 cm³/mol. The molecule has 132 valence electrons. The molecule has 0 nitrogen and oxygen atoms in total. The van der Waals surface area contributed by atoms with E-state index in [-0.39, 0.29) is 15.9 Å². The van der Waals surface area contributed by atoms with Gasteiger partial charge in [0.2, 0.25) is 0 Å². The summed E-state index contributed by atoms with van der Waals surface area (Å²) in [4.78, 5) is 0. The predicted octanol–water partition coefficient (Wildman–Crippen LogP) is 4.94. The van der Waals surface area contributed by atoms with Crippen LogP contribution in [-0.2, 0) is 15.9 Å². The SMILES string of the molecule is Pc1ccccc1.Pc1ccccc1.Pc1ccccc1.[Cl][Pd][Cl]. The summed E-state index contributed by atoms with van der Waals surface area (Å²) in [5.74, 6) is 0. The molecule has 3 unspecified atom stereocenters. The Hall–Kier alpha value is 0.192. The zero-order chi connectivity index (χ0) is 18.0. The van der Waals surface area contributed by atoms with Crippen LogP contribution in [0.3, 0.4) is 0 Å². The fourth-order valence-corrected chi connectivity index (χ4v) is 2.03. The summed E-state index contributed by atoms with van der Waals surface area (Å²) >= 11 is -0.106. The summed E-state index contributed by atoms with van der Waals surface area (Å²) in [6.07, 6.45) is 0. The number of hydrogen-bond donors (Lipinski definition) is 0. The summed E-state index contributed by atoms with van der Waals surface area (Å²) in [5.41, 5.74) is 0. The van der Waals surface area contributed by atoms with Gasteiger partial charge in [-0.15, -0.1) is 27.7 Å². The molecule has 0 bridgehead atoms. The van der Waals surface area contributed by atoms with Crippen LogP contribution >= 0.6 is 46.8 Å². The van der Waals surface area contributed by atoms with E-state index >= 15 is 0 Å². The van der Waals surface area contributed by atoms with E-state index in [9.17, 15) is 0 Å². The molecule has 0 saturated carbocycles. The molecule has 0 aliphatic heterocycles. The van der Waals surface area contributed by atoms with Crippen LogP contribution in [0.2, 0.25) is 0 Å². The third-order valence-corrected chi connectivity index (χ3v) is 3.55. The van der Waals surface area contributed by atoms with Crippen molar-refractivity contribution in [1.29, 1.82) is 0 Å². The number of halogens is 2. The minimum absolute atomic E-state index is 0.106. The van der Waals surface area contributed by atoms with Crippen LogP contribution in [0.25, 0.3) is 0 Å². The first-order valence-electron chi connectivity index (χ1n) is 6.84. The molecule has 0 spiro atoms. The van der Waals surface area contributed by atoms with Gasteiger partial charge in [0, 0.05) is 0 Å². The van der Waals surface area contributed by atoms with Gasteiger partial charge >= 0.3 is 35.0 Å². The molecule has 24 heavy (non-hydrogen) atoms. The van der Waals surface area contributed by atoms with Gasteiger partial charge < -0.3 is 0 Å². The second kappa shape index (κ2) is 18.0. The second-order valence-corrected chi connectivity index (χ2v) is 8.64. The number of rotatable bonds is 0. The van der Waals surface area contributed by atoms with E-state index < -0.39 is 0 Å². The van der Waals surface area contributed by atoms with Crippen LogP contribution in [0.4, 0.5) is 0 Å². The molecule has 0 saturated heterocycles. The summed E-state index contributed by atoms with van der Waals surface area (Å²) < 4.78 is 0. The molecule has 6 heteroatoms. The van der Waals surface area contributed by atoms with Gasteiger partial charge in [-0.25, -0.2) is 0 Å². The first-order chi connectivity index (χ1) is 11.6. The molecule has 0 N–H and O–H groups in total. The summed E-state index contributed by atoms with van der Waals surface area (Å²) in [7, 11) is 17.5. The monoisotopic (exact) mass is 506 g/mol. The Morgan fingerprint density at radius 2 is 0.625 bits per heavy atom. The van der Waals surface area contributed by atoms with Crippen molar-refractivity contribution in [2.45, 2.75) is 0 Å². The maximum atomic E-state index is 4.81. The first-order valence-corrected chi connectivity index (χ1v) is 12.6. The Labute approximate surface area is 168 Å².